The lowest BCUT2D eigenvalue weighted by molar-refractivity contribution is -0.116. The number of carbonyl (C=O) groups is 1. The Kier molecular flexibility index (Phi) is 9.06. The van der Waals surface area contributed by atoms with Crippen LogP contribution in [0.1, 0.15) is 25.3 Å². The number of sulfonamides is 2. The van der Waals surface area contributed by atoms with E-state index < -0.39 is 32.5 Å². The minimum Gasteiger partial charge on any atom is -0.497 e. The Labute approximate surface area is 230 Å². The summed E-state index contributed by atoms with van der Waals surface area (Å²) >= 11 is 0. The van der Waals surface area contributed by atoms with Crippen LogP contribution in [0.15, 0.2) is 88.7 Å². The molecule has 0 aliphatic carbocycles. The number of carbonyl (C=O) groups excluding carboxylic acids is 1. The summed E-state index contributed by atoms with van der Waals surface area (Å²) in [6, 6.07) is 20.8. The molecule has 1 N–H and O–H groups in total. The number of anilines is 1. The van der Waals surface area contributed by atoms with Crippen molar-refractivity contribution in [2.75, 3.05) is 32.1 Å². The van der Waals surface area contributed by atoms with E-state index >= 15 is 0 Å². The van der Waals surface area contributed by atoms with Gasteiger partial charge in [-0.05, 0) is 72.9 Å². The number of rotatable bonds is 10. The molecule has 0 radical (unpaired) electrons. The lowest BCUT2D eigenvalue weighted by Gasteiger charge is -2.30. The van der Waals surface area contributed by atoms with Gasteiger partial charge in [0.1, 0.15) is 5.75 Å². The molecule has 0 unspecified atom stereocenters. The van der Waals surface area contributed by atoms with Crippen molar-refractivity contribution in [2.45, 2.75) is 36.1 Å². The molecule has 1 aliphatic rings. The molecule has 1 heterocycles. The largest absolute Gasteiger partial charge is 0.497 e. The minimum atomic E-state index is -4.17. The second-order valence-corrected chi connectivity index (χ2v) is 13.5. The average molecular weight is 572 g/mol. The second kappa shape index (κ2) is 12.3. The summed E-state index contributed by atoms with van der Waals surface area (Å²) in [7, 11) is -6.37. The highest BCUT2D eigenvalue weighted by molar-refractivity contribution is 7.89. The lowest BCUT2D eigenvalue weighted by atomic mass is 10.0. The fraction of sp³-hybridized carbons (Fsp3) is 0.321. The van der Waals surface area contributed by atoms with Crippen LogP contribution in [0.4, 0.5) is 5.69 Å². The number of hydrogen-bond donors (Lipinski definition) is 1. The van der Waals surface area contributed by atoms with Crippen LogP contribution in [0.2, 0.25) is 0 Å². The van der Waals surface area contributed by atoms with Crippen LogP contribution in [0.5, 0.6) is 5.75 Å². The predicted octanol–water partition coefficient (Wildman–Crippen LogP) is 3.95. The molecular formula is C28H33N3O6S2. The number of benzene rings is 3. The van der Waals surface area contributed by atoms with Gasteiger partial charge in [0.15, 0.2) is 0 Å². The molecule has 1 aliphatic heterocycles. The van der Waals surface area contributed by atoms with Crippen LogP contribution in [0.25, 0.3) is 0 Å². The van der Waals surface area contributed by atoms with Crippen molar-refractivity contribution < 1.29 is 26.4 Å². The van der Waals surface area contributed by atoms with Crippen molar-refractivity contribution in [3.8, 4) is 5.75 Å². The Balaban J connectivity index is 1.59. The first kappa shape index (κ1) is 28.8. The summed E-state index contributed by atoms with van der Waals surface area (Å²) in [5, 5.41) is 2.72. The smallest absolute Gasteiger partial charge is 0.243 e. The Morgan fingerprint density at radius 2 is 1.59 bits per heavy atom. The molecule has 0 spiro atoms. The van der Waals surface area contributed by atoms with Crippen LogP contribution < -0.4 is 10.1 Å². The third-order valence-corrected chi connectivity index (χ3v) is 10.3. The lowest BCUT2D eigenvalue weighted by Crippen LogP contribution is -2.39. The average Bonchev–Trinajstić information content (AvgIpc) is 2.93. The molecule has 0 saturated carbocycles. The SMILES string of the molecule is COc1ccc(CN(CC(=O)Nc2ccccc2)S(=O)(=O)c2ccc(S(=O)(=O)N3CCC[C@@H](C)C3)cc2)cc1. The summed E-state index contributed by atoms with van der Waals surface area (Å²) in [4.78, 5) is 12.8. The summed E-state index contributed by atoms with van der Waals surface area (Å²) in [6.45, 7) is 2.39. The fourth-order valence-corrected chi connectivity index (χ4v) is 7.47. The predicted molar refractivity (Wildman–Crippen MR) is 149 cm³/mol. The van der Waals surface area contributed by atoms with Gasteiger partial charge in [0, 0.05) is 25.3 Å². The quantitative estimate of drug-likeness (QED) is 0.394. The molecule has 0 bridgehead atoms. The number of methoxy groups -OCH3 is 1. The van der Waals surface area contributed by atoms with Crippen LogP contribution in [-0.2, 0) is 31.4 Å². The van der Waals surface area contributed by atoms with Crippen LogP contribution >= 0.6 is 0 Å². The summed E-state index contributed by atoms with van der Waals surface area (Å²) < 4.78 is 61.4. The molecule has 9 nitrogen and oxygen atoms in total. The van der Waals surface area contributed by atoms with Gasteiger partial charge in [0.25, 0.3) is 0 Å². The van der Waals surface area contributed by atoms with E-state index in [2.05, 4.69) is 5.32 Å². The van der Waals surface area contributed by atoms with E-state index in [1.807, 2.05) is 13.0 Å². The van der Waals surface area contributed by atoms with Crippen LogP contribution in [-0.4, -0.2) is 58.1 Å². The number of ether oxygens (including phenoxy) is 1. The molecular weight excluding hydrogens is 538 g/mol. The van der Waals surface area contributed by atoms with E-state index in [0.717, 1.165) is 17.1 Å². The maximum atomic E-state index is 13.7. The number of amides is 1. The van der Waals surface area contributed by atoms with E-state index in [4.69, 9.17) is 4.74 Å². The number of nitrogens with zero attached hydrogens (tertiary/aromatic N) is 2. The third kappa shape index (κ3) is 7.04. The molecule has 208 valence electrons. The van der Waals surface area contributed by atoms with Crippen molar-refractivity contribution in [2.24, 2.45) is 5.92 Å². The Bertz CT molecular complexity index is 1480. The summed E-state index contributed by atoms with van der Waals surface area (Å²) in [5.41, 5.74) is 1.20. The van der Waals surface area contributed by atoms with Gasteiger partial charge < -0.3 is 10.1 Å². The topological polar surface area (TPSA) is 113 Å². The number of hydrogen-bond acceptors (Lipinski definition) is 6. The third-order valence-electron chi connectivity index (χ3n) is 6.61. The zero-order chi connectivity index (χ0) is 28.0. The molecule has 1 fully saturated rings. The standard InChI is InChI=1S/C28H33N3O6S2/c1-22-7-6-18-30(19-22)38(33,34)26-14-16-27(17-15-26)39(35,36)31(20-23-10-12-25(37-2)13-11-23)21-28(32)29-24-8-4-3-5-9-24/h3-5,8-17,22H,6-7,18-21H2,1-2H3,(H,29,32)/t22-/m1/s1. The minimum absolute atomic E-state index is 0.0408. The van der Waals surface area contributed by atoms with Crippen LogP contribution in [0, 0.1) is 5.92 Å². The van der Waals surface area contributed by atoms with E-state index in [9.17, 15) is 21.6 Å². The molecule has 11 heteroatoms. The zero-order valence-electron chi connectivity index (χ0n) is 22.0. The number of piperidine rings is 1. The molecule has 1 amide bonds. The molecule has 3 aromatic carbocycles. The maximum absolute atomic E-state index is 13.7. The van der Waals surface area contributed by atoms with Gasteiger partial charge in [-0.25, -0.2) is 16.8 Å². The molecule has 4 rings (SSSR count). The Morgan fingerprint density at radius 1 is 0.949 bits per heavy atom. The molecule has 0 aromatic heterocycles. The highest BCUT2D eigenvalue weighted by atomic mass is 32.2. The summed E-state index contributed by atoms with van der Waals surface area (Å²) in [6.07, 6.45) is 1.77. The monoisotopic (exact) mass is 571 g/mol. The normalized spacial score (nSPS) is 16.6. The van der Waals surface area contributed by atoms with Crippen molar-refractivity contribution in [1.82, 2.24) is 8.61 Å². The first-order valence-electron chi connectivity index (χ1n) is 12.7. The molecule has 3 aromatic rings. The van der Waals surface area contributed by atoms with E-state index in [1.165, 1.54) is 35.7 Å². The number of nitrogens with one attached hydrogen (secondary N) is 1. The van der Waals surface area contributed by atoms with Crippen molar-refractivity contribution >= 4 is 31.6 Å². The van der Waals surface area contributed by atoms with Crippen molar-refractivity contribution in [1.29, 1.82) is 0 Å². The van der Waals surface area contributed by atoms with Gasteiger partial charge in [-0.3, -0.25) is 4.79 Å². The van der Waals surface area contributed by atoms with Gasteiger partial charge in [-0.2, -0.15) is 8.61 Å². The Hall–Kier alpha value is -3.25. The van der Waals surface area contributed by atoms with Crippen LogP contribution in [0.3, 0.4) is 0 Å². The summed E-state index contributed by atoms with van der Waals surface area (Å²) in [5.74, 6) is 0.383. The zero-order valence-corrected chi connectivity index (χ0v) is 23.6. The maximum Gasteiger partial charge on any atom is 0.243 e. The second-order valence-electron chi connectivity index (χ2n) is 9.62. The first-order chi connectivity index (χ1) is 18.6. The highest BCUT2D eigenvalue weighted by Gasteiger charge is 2.31. The first-order valence-corrected chi connectivity index (χ1v) is 15.6. The van der Waals surface area contributed by atoms with Gasteiger partial charge in [-0.1, -0.05) is 37.3 Å². The Morgan fingerprint density at radius 3 is 2.21 bits per heavy atom. The highest BCUT2D eigenvalue weighted by Crippen LogP contribution is 2.26. The van der Waals surface area contributed by atoms with Gasteiger partial charge in [-0.15, -0.1) is 0 Å². The molecule has 1 saturated heterocycles. The van der Waals surface area contributed by atoms with Gasteiger partial charge in [0.05, 0.1) is 23.4 Å². The van der Waals surface area contributed by atoms with Crippen molar-refractivity contribution in [3.05, 3.63) is 84.4 Å². The molecule has 39 heavy (non-hydrogen) atoms. The van der Waals surface area contributed by atoms with Crippen molar-refractivity contribution in [3.63, 3.8) is 0 Å². The van der Waals surface area contributed by atoms with E-state index in [0.29, 0.717) is 30.1 Å². The van der Waals surface area contributed by atoms with E-state index in [1.54, 1.807) is 48.5 Å². The fourth-order valence-electron chi connectivity index (χ4n) is 4.49. The number of para-hydroxylation sites is 1. The van der Waals surface area contributed by atoms with Gasteiger partial charge in [0.2, 0.25) is 26.0 Å². The van der Waals surface area contributed by atoms with Gasteiger partial charge >= 0.3 is 0 Å². The molecule has 1 atom stereocenters. The van der Waals surface area contributed by atoms with E-state index in [-0.39, 0.29) is 22.3 Å².